The molecule has 0 radical (unpaired) electrons. The largest absolute Gasteiger partial charge is 0.370 e. The summed E-state index contributed by atoms with van der Waals surface area (Å²) in [5, 5.41) is 14.9. The highest BCUT2D eigenvalue weighted by Gasteiger charge is 2.30. The minimum Gasteiger partial charge on any atom is -0.370 e. The number of piperidine rings is 1. The summed E-state index contributed by atoms with van der Waals surface area (Å²) >= 11 is 0. The van der Waals surface area contributed by atoms with Crippen LogP contribution in [0, 0.1) is 6.92 Å². The number of urea groups is 1. The van der Waals surface area contributed by atoms with E-state index >= 15 is 0 Å². The molecule has 54 heavy (non-hydrogen) atoms. The molecule has 0 atom stereocenters. The first-order valence-electron chi connectivity index (χ1n) is 19.0. The van der Waals surface area contributed by atoms with Crippen LogP contribution in [0.4, 0.5) is 28.1 Å². The summed E-state index contributed by atoms with van der Waals surface area (Å²) < 4.78 is 1.72. The van der Waals surface area contributed by atoms with E-state index in [1.54, 1.807) is 23.8 Å². The number of fused-ring (bicyclic) bond motifs is 1. The molecule has 2 N–H and O–H groups in total. The van der Waals surface area contributed by atoms with Gasteiger partial charge in [-0.15, -0.1) is 5.10 Å². The lowest BCUT2D eigenvalue weighted by molar-refractivity contribution is -0.120. The third kappa shape index (κ3) is 7.27. The zero-order valence-electron chi connectivity index (χ0n) is 30.8. The summed E-state index contributed by atoms with van der Waals surface area (Å²) in [6.07, 6.45) is 9.89. The van der Waals surface area contributed by atoms with Gasteiger partial charge in [-0.25, -0.2) is 14.8 Å². The molecule has 0 spiro atoms. The normalized spacial score (nSPS) is 19.4. The molecule has 282 valence electrons. The molecule has 4 aliphatic rings. The number of rotatable bonds is 9. The van der Waals surface area contributed by atoms with Gasteiger partial charge in [0, 0.05) is 82.4 Å². The molecule has 3 aliphatic heterocycles. The number of aryl methyl sites for hydroxylation is 1. The summed E-state index contributed by atoms with van der Waals surface area (Å²) in [6.45, 7) is 10.1. The molecule has 4 fully saturated rings. The number of aromatic nitrogens is 6. The van der Waals surface area contributed by atoms with E-state index in [2.05, 4.69) is 51.6 Å². The Balaban J connectivity index is 0.835. The second-order valence-electron chi connectivity index (χ2n) is 14.8. The zero-order valence-corrected chi connectivity index (χ0v) is 30.8. The summed E-state index contributed by atoms with van der Waals surface area (Å²) in [4.78, 5) is 72.4. The molecule has 1 saturated carbocycles. The lowest BCUT2D eigenvalue weighted by atomic mass is 10.0. The van der Waals surface area contributed by atoms with Crippen molar-refractivity contribution in [2.75, 3.05) is 60.9 Å². The highest BCUT2D eigenvalue weighted by molar-refractivity contribution is 6.05. The Morgan fingerprint density at radius 3 is 2.31 bits per heavy atom. The molecule has 1 aliphatic carbocycles. The van der Waals surface area contributed by atoms with Gasteiger partial charge in [-0.3, -0.25) is 39.0 Å². The van der Waals surface area contributed by atoms with E-state index in [9.17, 15) is 19.2 Å². The predicted octanol–water partition coefficient (Wildman–Crippen LogP) is 3.58. The average Bonchev–Trinajstić information content (AvgIpc) is 3.71. The van der Waals surface area contributed by atoms with Crippen LogP contribution >= 0.6 is 0 Å². The standard InChI is InChI=1S/C38H46N12O4/c1-24-30-22-40-37(43-35(30)50(28-5-3-4-6-28)36(53)34(24)25(2)51)41-31-9-8-29(21-39-31)47-14-11-27(12-15-47)48-19-17-46(18-20-48)23-26-7-10-32(45-44-26)49-16-13-33(52)42-38(49)54/h7-10,21-22,27-28H,3-6,11-20,23H2,1-2H3,(H,42,52,54)(H,39,40,41,43). The highest BCUT2D eigenvalue weighted by atomic mass is 16.2. The van der Waals surface area contributed by atoms with E-state index in [1.165, 1.54) is 11.8 Å². The number of nitrogens with zero attached hydrogens (tertiary/aromatic N) is 10. The topological polar surface area (TPSA) is 175 Å². The SMILES string of the molecule is CC(=O)c1c(C)c2cnc(Nc3ccc(N4CCC(N5CCN(Cc6ccc(N7CCC(=O)NC7=O)nn6)CC5)CC4)cn3)nc2n(C2CCCC2)c1=O. The maximum atomic E-state index is 13.6. The van der Waals surface area contributed by atoms with Crippen molar-refractivity contribution in [1.82, 2.24) is 44.8 Å². The van der Waals surface area contributed by atoms with Gasteiger partial charge < -0.3 is 10.2 Å². The first kappa shape index (κ1) is 35.7. The summed E-state index contributed by atoms with van der Waals surface area (Å²) in [5.74, 6) is 0.924. The maximum Gasteiger partial charge on any atom is 0.329 e. The van der Waals surface area contributed by atoms with E-state index in [0.29, 0.717) is 47.9 Å². The van der Waals surface area contributed by atoms with Crippen molar-refractivity contribution in [3.05, 3.63) is 63.8 Å². The number of amides is 3. The second-order valence-corrected chi connectivity index (χ2v) is 14.8. The summed E-state index contributed by atoms with van der Waals surface area (Å²) in [6, 6.07) is 7.82. The van der Waals surface area contributed by atoms with Gasteiger partial charge in [0.2, 0.25) is 11.9 Å². The second kappa shape index (κ2) is 15.2. The van der Waals surface area contributed by atoms with E-state index < -0.39 is 6.03 Å². The van der Waals surface area contributed by atoms with Crippen molar-refractivity contribution in [2.24, 2.45) is 0 Å². The number of carbonyl (C=O) groups is 3. The van der Waals surface area contributed by atoms with Gasteiger partial charge in [0.1, 0.15) is 11.5 Å². The van der Waals surface area contributed by atoms with Crippen LogP contribution in [0.15, 0.2) is 41.5 Å². The number of carbonyl (C=O) groups excluding carboxylic acids is 3. The van der Waals surface area contributed by atoms with E-state index in [1.807, 2.05) is 18.3 Å². The number of nitrogens with one attached hydrogen (secondary N) is 2. The number of pyridine rings is 2. The fourth-order valence-electron chi connectivity index (χ4n) is 8.44. The van der Waals surface area contributed by atoms with Crippen LogP contribution in [0.1, 0.15) is 79.5 Å². The Bertz CT molecular complexity index is 2100. The third-order valence-corrected chi connectivity index (χ3v) is 11.4. The monoisotopic (exact) mass is 734 g/mol. The smallest absolute Gasteiger partial charge is 0.329 e. The molecule has 4 aromatic heterocycles. The Kier molecular flexibility index (Phi) is 10.0. The van der Waals surface area contributed by atoms with Gasteiger partial charge in [0.15, 0.2) is 11.6 Å². The average molecular weight is 735 g/mol. The fraction of sp³-hybridized carbons (Fsp3) is 0.500. The van der Waals surface area contributed by atoms with E-state index in [4.69, 9.17) is 4.98 Å². The molecule has 0 unspecified atom stereocenters. The number of hydrogen-bond acceptors (Lipinski definition) is 13. The van der Waals surface area contributed by atoms with Crippen LogP contribution in [-0.2, 0) is 11.3 Å². The zero-order chi connectivity index (χ0) is 37.3. The molecule has 3 saturated heterocycles. The van der Waals surface area contributed by atoms with Crippen LogP contribution in [0.3, 0.4) is 0 Å². The molecule has 8 rings (SSSR count). The molecule has 0 aromatic carbocycles. The summed E-state index contributed by atoms with van der Waals surface area (Å²) in [5.41, 5.74) is 3.07. The summed E-state index contributed by atoms with van der Waals surface area (Å²) in [7, 11) is 0. The van der Waals surface area contributed by atoms with Crippen molar-refractivity contribution in [1.29, 1.82) is 0 Å². The first-order chi connectivity index (χ1) is 26.2. The van der Waals surface area contributed by atoms with Crippen molar-refractivity contribution >= 4 is 52.0 Å². The quantitative estimate of drug-likeness (QED) is 0.239. The number of Topliss-reactive ketones (excluding diaryl/α,β-unsaturated/α-hetero) is 1. The maximum absolute atomic E-state index is 13.6. The molecule has 16 heteroatoms. The van der Waals surface area contributed by atoms with E-state index in [0.717, 1.165) is 94.6 Å². The van der Waals surface area contributed by atoms with Gasteiger partial charge in [-0.1, -0.05) is 12.8 Å². The van der Waals surface area contributed by atoms with Crippen LogP contribution in [-0.4, -0.2) is 109 Å². The first-order valence-corrected chi connectivity index (χ1v) is 19.0. The fourth-order valence-corrected chi connectivity index (χ4v) is 8.44. The Morgan fingerprint density at radius 1 is 0.870 bits per heavy atom. The molecule has 16 nitrogen and oxygen atoms in total. The minimum absolute atomic E-state index is 0.0200. The van der Waals surface area contributed by atoms with E-state index in [-0.39, 0.29) is 35.3 Å². The van der Waals surface area contributed by atoms with Crippen LogP contribution < -0.4 is 26.0 Å². The van der Waals surface area contributed by atoms with Crippen LogP contribution in [0.5, 0.6) is 0 Å². The number of ketones is 1. The van der Waals surface area contributed by atoms with Gasteiger partial charge >= 0.3 is 6.03 Å². The van der Waals surface area contributed by atoms with Crippen molar-refractivity contribution in [3.63, 3.8) is 0 Å². The molecule has 4 aromatic rings. The van der Waals surface area contributed by atoms with Crippen LogP contribution in [0.25, 0.3) is 11.0 Å². The number of anilines is 4. The molecule has 3 amide bonds. The lowest BCUT2D eigenvalue weighted by Crippen LogP contribution is -2.53. The Labute approximate surface area is 313 Å². The lowest BCUT2D eigenvalue weighted by Gasteiger charge is -2.43. The number of imide groups is 1. The number of piperazine rings is 1. The molecular weight excluding hydrogens is 688 g/mol. The van der Waals surface area contributed by atoms with Crippen molar-refractivity contribution < 1.29 is 14.4 Å². The molecule has 0 bridgehead atoms. The van der Waals surface area contributed by atoms with Gasteiger partial charge in [0.05, 0.1) is 23.1 Å². The van der Waals surface area contributed by atoms with Gasteiger partial charge in [-0.05, 0) is 69.4 Å². The number of hydrogen-bond donors (Lipinski definition) is 2. The van der Waals surface area contributed by atoms with Crippen molar-refractivity contribution in [3.8, 4) is 0 Å². The third-order valence-electron chi connectivity index (χ3n) is 11.4. The predicted molar refractivity (Wildman–Crippen MR) is 203 cm³/mol. The van der Waals surface area contributed by atoms with Gasteiger partial charge in [-0.2, -0.15) is 10.1 Å². The van der Waals surface area contributed by atoms with Crippen molar-refractivity contribution in [2.45, 2.75) is 77.4 Å². The molecular formula is C38H46N12O4. The molecule has 7 heterocycles. The minimum atomic E-state index is -0.457. The van der Waals surface area contributed by atoms with Gasteiger partial charge in [0.25, 0.3) is 5.56 Å². The Morgan fingerprint density at radius 2 is 1.65 bits per heavy atom. The Hall–Kier alpha value is -5.35. The van der Waals surface area contributed by atoms with Crippen LogP contribution in [0.2, 0.25) is 0 Å². The highest BCUT2D eigenvalue weighted by Crippen LogP contribution is 2.32.